The molecular formula is C25H22N2O8Pd-2. The van der Waals surface area contributed by atoms with E-state index in [9.17, 15) is 29.4 Å². The molecule has 2 aromatic heterocycles. The van der Waals surface area contributed by atoms with Crippen molar-refractivity contribution in [3.05, 3.63) is 93.0 Å². The molecule has 0 radical (unpaired) electrons. The Labute approximate surface area is 219 Å². The van der Waals surface area contributed by atoms with Gasteiger partial charge in [0.25, 0.3) is 0 Å². The average Bonchev–Trinajstić information content (AvgIpc) is 2.82. The van der Waals surface area contributed by atoms with Gasteiger partial charge in [0, 0.05) is 16.2 Å². The summed E-state index contributed by atoms with van der Waals surface area (Å²) < 4.78 is 9.70. The van der Waals surface area contributed by atoms with Crippen molar-refractivity contribution in [3.8, 4) is 0 Å². The van der Waals surface area contributed by atoms with Crippen molar-refractivity contribution < 1.29 is 49.1 Å². The summed E-state index contributed by atoms with van der Waals surface area (Å²) in [6.07, 6.45) is -0.0116. The monoisotopic (exact) mass is 584 g/mol. The van der Waals surface area contributed by atoms with Crippen molar-refractivity contribution in [2.75, 3.05) is 0 Å². The summed E-state index contributed by atoms with van der Waals surface area (Å²) in [5, 5.41) is 22.3. The second-order valence-corrected chi connectivity index (χ2v) is 7.33. The zero-order valence-electron chi connectivity index (χ0n) is 19.3. The summed E-state index contributed by atoms with van der Waals surface area (Å²) in [6.45, 7) is 2.96. The van der Waals surface area contributed by atoms with Crippen molar-refractivity contribution in [1.82, 2.24) is 0 Å². The first kappa shape index (κ1) is 30.1. The van der Waals surface area contributed by atoms with E-state index in [1.165, 1.54) is 26.0 Å². The zero-order chi connectivity index (χ0) is 26.2. The minimum atomic E-state index is -1.81. The number of rotatable bonds is 4. The van der Waals surface area contributed by atoms with Crippen molar-refractivity contribution in [2.24, 2.45) is 5.41 Å². The number of hydrogen-bond donors (Lipinski definition) is 0. The number of carbonyl (C=O) groups is 2. The SMILES string of the molecule is CCC(CC)(C(=O)[O-])C(=O)[O-].[NH-]c1cc2ccccc2oc1=O.[NH-]c1cc2ccccc2oc1=O.[Pd+2]. The van der Waals surface area contributed by atoms with E-state index < -0.39 is 28.6 Å². The molecule has 0 spiro atoms. The predicted octanol–water partition coefficient (Wildman–Crippen LogP) is 3.24. The molecular weight excluding hydrogens is 563 g/mol. The van der Waals surface area contributed by atoms with Crippen LogP contribution in [-0.2, 0) is 30.0 Å². The Morgan fingerprint density at radius 3 is 1.36 bits per heavy atom. The smallest absolute Gasteiger partial charge is 0.693 e. The fourth-order valence-corrected chi connectivity index (χ4v) is 3.03. The molecule has 0 aliphatic rings. The molecule has 0 unspecified atom stereocenters. The molecule has 192 valence electrons. The summed E-state index contributed by atoms with van der Waals surface area (Å²) in [5.41, 5.74) is 12.3. The minimum Gasteiger partial charge on any atom is -0.693 e. The van der Waals surface area contributed by atoms with Gasteiger partial charge in [0.2, 0.25) is 0 Å². The minimum absolute atomic E-state index is 0. The standard InChI is InChI=1S/2C9H6NO2.C7H12O4.Pd/c2*10-7-5-6-3-1-2-4-8(6)12-9(7)11;1-3-7(4-2,5(8)9)6(10)11;/h2*1-5,10H;3-4H2,1-2H3,(H,8,9)(H,10,11);/q2*-1;;+2/p-2. The zero-order valence-corrected chi connectivity index (χ0v) is 20.8. The summed E-state index contributed by atoms with van der Waals surface area (Å²) >= 11 is 0. The number of carbonyl (C=O) groups excluding carboxylic acids is 2. The van der Waals surface area contributed by atoms with E-state index >= 15 is 0 Å². The van der Waals surface area contributed by atoms with Crippen molar-refractivity contribution >= 4 is 45.3 Å². The largest absolute Gasteiger partial charge is 2.00 e. The number of nitrogens with one attached hydrogen (secondary N) is 2. The Morgan fingerprint density at radius 1 is 0.750 bits per heavy atom. The fraction of sp³-hybridized carbons (Fsp3) is 0.200. The molecule has 0 amide bonds. The third-order valence-corrected chi connectivity index (χ3v) is 5.27. The van der Waals surface area contributed by atoms with Gasteiger partial charge in [-0.2, -0.15) is 0 Å². The maximum atomic E-state index is 10.9. The Morgan fingerprint density at radius 2 is 1.08 bits per heavy atom. The first-order valence-corrected chi connectivity index (χ1v) is 10.5. The molecule has 2 heterocycles. The molecule has 2 N–H and O–H groups in total. The topological polar surface area (TPSA) is 188 Å². The van der Waals surface area contributed by atoms with Crippen LogP contribution in [0.4, 0.5) is 11.4 Å². The van der Waals surface area contributed by atoms with E-state index in [1.807, 2.05) is 12.1 Å². The van der Waals surface area contributed by atoms with Crippen molar-refractivity contribution in [3.63, 3.8) is 0 Å². The molecule has 10 nitrogen and oxygen atoms in total. The first-order valence-electron chi connectivity index (χ1n) is 10.5. The predicted molar refractivity (Wildman–Crippen MR) is 126 cm³/mol. The van der Waals surface area contributed by atoms with Crippen LogP contribution in [0.5, 0.6) is 0 Å². The summed E-state index contributed by atoms with van der Waals surface area (Å²) in [4.78, 5) is 42.5. The molecule has 0 aliphatic heterocycles. The van der Waals surface area contributed by atoms with Crippen molar-refractivity contribution in [2.45, 2.75) is 26.7 Å². The first-order chi connectivity index (χ1) is 16.5. The molecule has 2 aromatic carbocycles. The number of fused-ring (bicyclic) bond motifs is 2. The van der Waals surface area contributed by atoms with E-state index in [0.717, 1.165) is 10.8 Å². The molecule has 0 aliphatic carbocycles. The van der Waals surface area contributed by atoms with Gasteiger partial charge in [-0.1, -0.05) is 73.8 Å². The number of carboxylic acid groups (broad SMARTS) is 2. The van der Waals surface area contributed by atoms with Gasteiger partial charge in [-0.25, -0.2) is 9.59 Å². The molecule has 4 aromatic rings. The van der Waals surface area contributed by atoms with Crippen LogP contribution in [0, 0.1) is 5.41 Å². The van der Waals surface area contributed by atoms with Crippen LogP contribution in [0.2, 0.25) is 0 Å². The van der Waals surface area contributed by atoms with Crippen LogP contribution in [-0.4, -0.2) is 11.9 Å². The molecule has 0 fully saturated rings. The normalized spacial score (nSPS) is 10.3. The molecule has 11 heteroatoms. The van der Waals surface area contributed by atoms with Gasteiger partial charge in [0.05, 0.1) is 11.9 Å². The summed E-state index contributed by atoms with van der Waals surface area (Å²) in [7, 11) is 0. The number of para-hydroxylation sites is 2. The van der Waals surface area contributed by atoms with Crippen LogP contribution in [0.15, 0.2) is 79.1 Å². The Hall–Kier alpha value is -3.94. The number of aliphatic carboxylic acids is 2. The van der Waals surface area contributed by atoms with Gasteiger partial charge in [-0.05, 0) is 25.0 Å². The van der Waals surface area contributed by atoms with Gasteiger partial charge in [-0.15, -0.1) is 0 Å². The molecule has 0 bridgehead atoms. The second kappa shape index (κ2) is 13.2. The van der Waals surface area contributed by atoms with E-state index in [2.05, 4.69) is 0 Å². The number of hydrogen-bond acceptors (Lipinski definition) is 8. The van der Waals surface area contributed by atoms with Gasteiger partial charge in [0.15, 0.2) is 0 Å². The Kier molecular flexibility index (Phi) is 11.1. The van der Waals surface area contributed by atoms with Crippen LogP contribution >= 0.6 is 0 Å². The van der Waals surface area contributed by atoms with Gasteiger partial charge in [-0.3, -0.25) is 0 Å². The number of carboxylic acids is 2. The number of benzene rings is 2. The third-order valence-electron chi connectivity index (χ3n) is 5.27. The molecule has 0 atom stereocenters. The van der Waals surface area contributed by atoms with Gasteiger partial charge in [0.1, 0.15) is 11.2 Å². The molecule has 0 saturated heterocycles. The maximum Gasteiger partial charge on any atom is 2.00 e. The van der Waals surface area contributed by atoms with Crippen molar-refractivity contribution in [1.29, 1.82) is 0 Å². The molecule has 36 heavy (non-hydrogen) atoms. The quantitative estimate of drug-likeness (QED) is 0.198. The van der Waals surface area contributed by atoms with E-state index in [4.69, 9.17) is 20.3 Å². The van der Waals surface area contributed by atoms with Crippen LogP contribution in [0.3, 0.4) is 0 Å². The fourth-order valence-electron chi connectivity index (χ4n) is 3.03. The van der Waals surface area contributed by atoms with Gasteiger partial charge < -0.3 is 40.1 Å². The third kappa shape index (κ3) is 7.04. The average molecular weight is 585 g/mol. The van der Waals surface area contributed by atoms with Crippen LogP contribution in [0.1, 0.15) is 26.7 Å². The van der Waals surface area contributed by atoms with E-state index in [1.54, 1.807) is 36.4 Å². The molecule has 4 rings (SSSR count). The second-order valence-electron chi connectivity index (χ2n) is 7.33. The summed E-state index contributed by atoms with van der Waals surface area (Å²) in [6, 6.07) is 17.3. The van der Waals surface area contributed by atoms with Crippen LogP contribution < -0.4 is 21.5 Å². The van der Waals surface area contributed by atoms with Crippen LogP contribution in [0.25, 0.3) is 33.4 Å². The Bertz CT molecular complexity index is 1350. The molecule has 0 saturated carbocycles. The van der Waals surface area contributed by atoms with Gasteiger partial charge >= 0.3 is 31.7 Å². The maximum absolute atomic E-state index is 10.9. The summed E-state index contributed by atoms with van der Waals surface area (Å²) in [5.74, 6) is -3.13. The van der Waals surface area contributed by atoms with E-state index in [-0.39, 0.29) is 44.6 Å². The van der Waals surface area contributed by atoms with E-state index in [0.29, 0.717) is 11.2 Å². The Balaban J connectivity index is 0.000000267.